The van der Waals surface area contributed by atoms with E-state index in [-0.39, 0.29) is 0 Å². The molecule has 0 aliphatic heterocycles. The summed E-state index contributed by atoms with van der Waals surface area (Å²) in [5.41, 5.74) is 10.8. The molecule has 0 atom stereocenters. The van der Waals surface area contributed by atoms with Crippen molar-refractivity contribution in [2.24, 2.45) is 0 Å². The molecule has 0 bridgehead atoms. The van der Waals surface area contributed by atoms with E-state index in [1.165, 1.54) is 44.5 Å². The highest BCUT2D eigenvalue weighted by Crippen LogP contribution is 2.53. The maximum Gasteiger partial charge on any atom is -0.00141 e. The summed E-state index contributed by atoms with van der Waals surface area (Å²) >= 11 is 0. The summed E-state index contributed by atoms with van der Waals surface area (Å²) in [5, 5.41) is 0. The first-order valence-corrected chi connectivity index (χ1v) is 7.64. The van der Waals surface area contributed by atoms with Crippen molar-refractivity contribution in [3.8, 4) is 0 Å². The fraction of sp³-hybridized carbons (Fsp3) is 0. The van der Waals surface area contributed by atoms with Gasteiger partial charge in [-0.1, -0.05) is 78.9 Å². The van der Waals surface area contributed by atoms with Gasteiger partial charge in [0.2, 0.25) is 0 Å². The van der Waals surface area contributed by atoms with Crippen LogP contribution in [-0.4, -0.2) is 0 Å². The largest absolute Gasteiger partial charge is 0.0622 e. The molecule has 0 saturated carbocycles. The zero-order valence-electron chi connectivity index (χ0n) is 12.1. The van der Waals surface area contributed by atoms with Gasteiger partial charge in [0.05, 0.1) is 0 Å². The number of hydrogen-bond acceptors (Lipinski definition) is 0. The fourth-order valence-electron chi connectivity index (χ4n) is 3.68. The van der Waals surface area contributed by atoms with Crippen LogP contribution < -0.4 is 0 Å². The summed E-state index contributed by atoms with van der Waals surface area (Å²) in [7, 11) is 0. The molecule has 5 rings (SSSR count). The molecular weight excluding hydrogens is 264 g/mol. The second-order valence-electron chi connectivity index (χ2n) is 5.81. The quantitative estimate of drug-likeness (QED) is 0.550. The molecule has 0 heteroatoms. The van der Waals surface area contributed by atoms with Crippen LogP contribution in [0.2, 0.25) is 0 Å². The topological polar surface area (TPSA) is 0 Å². The molecule has 0 fully saturated rings. The van der Waals surface area contributed by atoms with E-state index in [1.807, 2.05) is 0 Å². The summed E-state index contributed by atoms with van der Waals surface area (Å²) < 4.78 is 0. The predicted molar refractivity (Wildman–Crippen MR) is 93.1 cm³/mol. The molecule has 0 heterocycles. The van der Waals surface area contributed by atoms with Crippen molar-refractivity contribution in [2.75, 3.05) is 0 Å². The van der Waals surface area contributed by atoms with Crippen LogP contribution in [0.4, 0.5) is 0 Å². The van der Waals surface area contributed by atoms with Crippen LogP contribution in [0.25, 0.3) is 22.8 Å². The van der Waals surface area contributed by atoms with E-state index in [1.54, 1.807) is 0 Å². The summed E-state index contributed by atoms with van der Waals surface area (Å²) in [5.74, 6) is 0. The molecule has 22 heavy (non-hydrogen) atoms. The van der Waals surface area contributed by atoms with Gasteiger partial charge in [0.15, 0.2) is 0 Å². The molecule has 0 aromatic heterocycles. The minimum Gasteiger partial charge on any atom is -0.0622 e. The Morgan fingerprint density at radius 2 is 1.09 bits per heavy atom. The molecule has 2 aliphatic rings. The van der Waals surface area contributed by atoms with Gasteiger partial charge >= 0.3 is 0 Å². The van der Waals surface area contributed by atoms with E-state index < -0.39 is 0 Å². The van der Waals surface area contributed by atoms with Crippen LogP contribution in [0.5, 0.6) is 0 Å². The SMILES string of the molecule is C1=C2C(=C(c3ccccc3)c3ccccc32)c2ccccc21. The van der Waals surface area contributed by atoms with E-state index in [4.69, 9.17) is 0 Å². The van der Waals surface area contributed by atoms with Crippen LogP contribution in [0, 0.1) is 0 Å². The molecule has 0 saturated heterocycles. The second kappa shape index (κ2) is 4.32. The molecule has 0 nitrogen and oxygen atoms in total. The summed E-state index contributed by atoms with van der Waals surface area (Å²) in [6.45, 7) is 0. The van der Waals surface area contributed by atoms with Crippen LogP contribution in [0.15, 0.2) is 78.9 Å². The normalized spacial score (nSPS) is 14.5. The van der Waals surface area contributed by atoms with E-state index in [2.05, 4.69) is 84.9 Å². The number of benzene rings is 3. The summed E-state index contributed by atoms with van der Waals surface area (Å²) in [6, 6.07) is 28.2. The van der Waals surface area contributed by atoms with Crippen molar-refractivity contribution in [3.63, 3.8) is 0 Å². The molecule has 0 unspecified atom stereocenters. The average molecular weight is 278 g/mol. The smallest absolute Gasteiger partial charge is 0.00141 e. The van der Waals surface area contributed by atoms with Gasteiger partial charge in [-0.2, -0.15) is 0 Å². The first kappa shape index (κ1) is 11.8. The number of rotatable bonds is 1. The number of allylic oxidation sites excluding steroid dienone is 2. The minimum absolute atomic E-state index is 1.30. The maximum absolute atomic E-state index is 2.33. The van der Waals surface area contributed by atoms with Gasteiger partial charge in [0.25, 0.3) is 0 Å². The molecular formula is C22H14. The van der Waals surface area contributed by atoms with Crippen molar-refractivity contribution in [1.29, 1.82) is 0 Å². The highest BCUT2D eigenvalue weighted by Gasteiger charge is 2.31. The van der Waals surface area contributed by atoms with Gasteiger partial charge < -0.3 is 0 Å². The third-order valence-corrected chi connectivity index (χ3v) is 4.60. The Kier molecular flexibility index (Phi) is 2.31. The summed E-state index contributed by atoms with van der Waals surface area (Å²) in [6.07, 6.45) is 2.33. The third-order valence-electron chi connectivity index (χ3n) is 4.60. The van der Waals surface area contributed by atoms with Crippen LogP contribution in [-0.2, 0) is 0 Å². The molecule has 3 aromatic carbocycles. The Morgan fingerprint density at radius 1 is 0.455 bits per heavy atom. The first-order valence-electron chi connectivity index (χ1n) is 7.64. The Bertz CT molecular complexity index is 956. The molecule has 3 aromatic rings. The lowest BCUT2D eigenvalue weighted by atomic mass is 9.94. The van der Waals surface area contributed by atoms with Gasteiger partial charge in [-0.25, -0.2) is 0 Å². The number of fused-ring (bicyclic) bond motifs is 5. The predicted octanol–water partition coefficient (Wildman–Crippen LogP) is 5.51. The van der Waals surface area contributed by atoms with E-state index in [0.29, 0.717) is 0 Å². The van der Waals surface area contributed by atoms with Crippen molar-refractivity contribution in [3.05, 3.63) is 107 Å². The molecule has 102 valence electrons. The lowest BCUT2D eigenvalue weighted by Gasteiger charge is -2.09. The zero-order valence-corrected chi connectivity index (χ0v) is 12.1. The fourth-order valence-corrected chi connectivity index (χ4v) is 3.68. The van der Waals surface area contributed by atoms with Gasteiger partial charge in [-0.05, 0) is 50.6 Å². The van der Waals surface area contributed by atoms with Gasteiger partial charge in [0, 0.05) is 0 Å². The lowest BCUT2D eigenvalue weighted by molar-refractivity contribution is 1.54. The third kappa shape index (κ3) is 1.47. The highest BCUT2D eigenvalue weighted by molar-refractivity contribution is 6.31. The lowest BCUT2D eigenvalue weighted by Crippen LogP contribution is -1.89. The van der Waals surface area contributed by atoms with E-state index in [9.17, 15) is 0 Å². The Balaban J connectivity index is 1.90. The van der Waals surface area contributed by atoms with Crippen molar-refractivity contribution in [2.45, 2.75) is 0 Å². The Hall–Kier alpha value is -2.86. The van der Waals surface area contributed by atoms with Crippen molar-refractivity contribution >= 4 is 22.8 Å². The second-order valence-corrected chi connectivity index (χ2v) is 5.81. The molecule has 0 N–H and O–H groups in total. The zero-order chi connectivity index (χ0) is 14.5. The highest BCUT2D eigenvalue weighted by atomic mass is 14.3. The van der Waals surface area contributed by atoms with Gasteiger partial charge in [-0.3, -0.25) is 0 Å². The standard InChI is InChI=1S/C22H14/c1-2-8-15(9-3-1)21-19-13-7-6-12-18(19)20-14-16-10-4-5-11-17(16)22(20)21/h1-14H. The first-order chi connectivity index (χ1) is 10.9. The van der Waals surface area contributed by atoms with E-state index >= 15 is 0 Å². The molecule has 0 amide bonds. The van der Waals surface area contributed by atoms with Crippen LogP contribution in [0.3, 0.4) is 0 Å². The van der Waals surface area contributed by atoms with Crippen LogP contribution >= 0.6 is 0 Å². The van der Waals surface area contributed by atoms with Gasteiger partial charge in [0.1, 0.15) is 0 Å². The van der Waals surface area contributed by atoms with Crippen molar-refractivity contribution in [1.82, 2.24) is 0 Å². The summed E-state index contributed by atoms with van der Waals surface area (Å²) in [4.78, 5) is 0. The minimum atomic E-state index is 1.30. The Labute approximate surface area is 130 Å². The van der Waals surface area contributed by atoms with E-state index in [0.717, 1.165) is 0 Å². The maximum atomic E-state index is 2.33. The Morgan fingerprint density at radius 3 is 1.91 bits per heavy atom. The number of hydrogen-bond donors (Lipinski definition) is 0. The average Bonchev–Trinajstić information content (AvgIpc) is 3.10. The molecule has 0 spiro atoms. The molecule has 0 radical (unpaired) electrons. The van der Waals surface area contributed by atoms with Crippen LogP contribution in [0.1, 0.15) is 27.8 Å². The van der Waals surface area contributed by atoms with Crippen molar-refractivity contribution < 1.29 is 0 Å². The monoisotopic (exact) mass is 278 g/mol. The molecule has 2 aliphatic carbocycles. The van der Waals surface area contributed by atoms with Gasteiger partial charge in [-0.15, -0.1) is 0 Å².